The highest BCUT2D eigenvalue weighted by Crippen LogP contribution is 2.40. The Morgan fingerprint density at radius 1 is 1.18 bits per heavy atom. The van der Waals surface area contributed by atoms with E-state index in [2.05, 4.69) is 15.7 Å². The normalized spacial score (nSPS) is 22.5. The van der Waals surface area contributed by atoms with E-state index in [0.29, 0.717) is 19.4 Å². The van der Waals surface area contributed by atoms with Crippen molar-refractivity contribution in [1.29, 1.82) is 0 Å². The fraction of sp³-hybridized carbons (Fsp3) is 0.520. The number of amides is 1. The van der Waals surface area contributed by atoms with Gasteiger partial charge in [0.2, 0.25) is 0 Å². The third kappa shape index (κ3) is 3.93. The molecule has 1 fully saturated rings. The lowest BCUT2D eigenvalue weighted by atomic mass is 9.86. The van der Waals surface area contributed by atoms with Gasteiger partial charge in [0.1, 0.15) is 5.82 Å². The molecule has 1 aliphatic heterocycles. The maximum atomic E-state index is 12.5. The Bertz CT molecular complexity index is 1190. The second kappa shape index (κ2) is 9.12. The number of fused-ring (bicyclic) bond motifs is 3. The van der Waals surface area contributed by atoms with Crippen molar-refractivity contribution in [2.24, 2.45) is 5.92 Å². The van der Waals surface area contributed by atoms with E-state index in [-0.39, 0.29) is 24.1 Å². The van der Waals surface area contributed by atoms with Crippen molar-refractivity contribution in [3.8, 4) is 0 Å². The highest BCUT2D eigenvalue weighted by Gasteiger charge is 2.33. The van der Waals surface area contributed by atoms with Crippen LogP contribution in [0.2, 0.25) is 0 Å². The van der Waals surface area contributed by atoms with Crippen molar-refractivity contribution in [3.63, 3.8) is 0 Å². The molecule has 5 rings (SSSR count). The number of hydrogen-bond acceptors (Lipinski definition) is 5. The Balaban J connectivity index is 1.56. The first kappa shape index (κ1) is 22.4. The van der Waals surface area contributed by atoms with Gasteiger partial charge in [-0.15, -0.1) is 0 Å². The van der Waals surface area contributed by atoms with Crippen LogP contribution in [0.3, 0.4) is 0 Å². The van der Waals surface area contributed by atoms with E-state index in [4.69, 9.17) is 9.72 Å². The topological polar surface area (TPSA) is 102 Å². The van der Waals surface area contributed by atoms with E-state index < -0.39 is 5.97 Å². The molecule has 3 aromatic rings. The van der Waals surface area contributed by atoms with Crippen molar-refractivity contribution < 1.29 is 19.4 Å². The molecule has 9 heteroatoms. The predicted octanol–water partition coefficient (Wildman–Crippen LogP) is 4.20. The number of imidazole rings is 1. The van der Waals surface area contributed by atoms with Crippen LogP contribution in [0.25, 0.3) is 11.0 Å². The number of anilines is 1. The van der Waals surface area contributed by atoms with E-state index in [9.17, 15) is 14.7 Å². The van der Waals surface area contributed by atoms with Crippen LogP contribution < -0.4 is 4.90 Å². The third-order valence-electron chi connectivity index (χ3n) is 7.43. The number of methoxy groups -OCH3 is 1. The van der Waals surface area contributed by atoms with Crippen LogP contribution in [0.4, 0.5) is 10.5 Å². The molecule has 1 unspecified atom stereocenters. The van der Waals surface area contributed by atoms with Gasteiger partial charge in [-0.1, -0.05) is 0 Å². The molecule has 0 spiro atoms. The number of hydrogen-bond donors (Lipinski definition) is 1. The Morgan fingerprint density at radius 2 is 1.97 bits per heavy atom. The molecule has 180 valence electrons. The summed E-state index contributed by atoms with van der Waals surface area (Å²) in [7, 11) is 1.41. The van der Waals surface area contributed by atoms with Crippen molar-refractivity contribution in [2.45, 2.75) is 70.5 Å². The summed E-state index contributed by atoms with van der Waals surface area (Å²) in [4.78, 5) is 30.9. The molecule has 0 radical (unpaired) electrons. The number of aromatic nitrogens is 4. The second-order valence-electron chi connectivity index (χ2n) is 9.42. The summed E-state index contributed by atoms with van der Waals surface area (Å²) < 4.78 is 9.30. The number of ether oxygens (including phenoxy) is 1. The first-order valence-corrected chi connectivity index (χ1v) is 12.1. The summed E-state index contributed by atoms with van der Waals surface area (Å²) in [5.41, 5.74) is 3.96. The molecule has 1 N–H and O–H groups in total. The molecule has 1 saturated carbocycles. The quantitative estimate of drug-likeness (QED) is 0.606. The standard InChI is InChI=1S/C25H31N5O4/c1-16-4-9-19-20(29(16)25(33)34-2)10-11-21-23(19)27-22(12-15-28-14-3-13-26-28)30(21)18-7-5-17(6-8-18)24(31)32/h3,10-11,13-14,16-18H,4-9,12,15H2,1-2H3,(H,31,32). The average Bonchev–Trinajstić information content (AvgIpc) is 3.49. The zero-order valence-electron chi connectivity index (χ0n) is 19.7. The molecular formula is C25H31N5O4. The number of aryl methyl sites for hydroxylation is 3. The Hall–Kier alpha value is -3.36. The average molecular weight is 466 g/mol. The van der Waals surface area contributed by atoms with Crippen LogP contribution in [0.1, 0.15) is 56.5 Å². The van der Waals surface area contributed by atoms with Gasteiger partial charge in [0, 0.05) is 43.0 Å². The number of nitrogens with zero attached hydrogens (tertiary/aromatic N) is 5. The number of carbonyl (C=O) groups excluding carboxylic acids is 1. The van der Waals surface area contributed by atoms with E-state index in [1.807, 2.05) is 29.9 Å². The number of benzene rings is 1. The molecule has 0 saturated heterocycles. The molecule has 0 bridgehead atoms. The summed E-state index contributed by atoms with van der Waals surface area (Å²) in [6, 6.07) is 6.27. The summed E-state index contributed by atoms with van der Waals surface area (Å²) >= 11 is 0. The maximum absolute atomic E-state index is 12.5. The lowest BCUT2D eigenvalue weighted by molar-refractivity contribution is -0.143. The second-order valence-corrected chi connectivity index (χ2v) is 9.42. The van der Waals surface area contributed by atoms with E-state index in [1.54, 1.807) is 11.1 Å². The summed E-state index contributed by atoms with van der Waals surface area (Å²) in [5.74, 6) is 0.0290. The number of carboxylic acids is 1. The zero-order chi connectivity index (χ0) is 23.8. The number of carbonyl (C=O) groups is 2. The van der Waals surface area contributed by atoms with Gasteiger partial charge >= 0.3 is 12.1 Å². The number of rotatable bonds is 5. The molecule has 9 nitrogen and oxygen atoms in total. The minimum Gasteiger partial charge on any atom is -0.481 e. The summed E-state index contributed by atoms with van der Waals surface area (Å²) in [6.45, 7) is 2.76. The van der Waals surface area contributed by atoms with Gasteiger partial charge in [0.05, 0.1) is 29.7 Å². The Morgan fingerprint density at radius 3 is 2.65 bits per heavy atom. The highest BCUT2D eigenvalue weighted by atomic mass is 16.5. The number of carboxylic acid groups (broad SMARTS) is 1. The van der Waals surface area contributed by atoms with Crippen molar-refractivity contribution in [3.05, 3.63) is 42.0 Å². The third-order valence-corrected chi connectivity index (χ3v) is 7.43. The SMILES string of the molecule is COC(=O)N1c2ccc3c(nc(CCn4cccn4)n3C3CCC(C(=O)O)CC3)c2CCC1C. The van der Waals surface area contributed by atoms with Gasteiger partial charge in [-0.25, -0.2) is 9.78 Å². The van der Waals surface area contributed by atoms with Crippen LogP contribution in [0.5, 0.6) is 0 Å². The van der Waals surface area contributed by atoms with Crippen molar-refractivity contribution >= 4 is 28.8 Å². The molecule has 1 amide bonds. The zero-order valence-corrected chi connectivity index (χ0v) is 19.7. The first-order valence-electron chi connectivity index (χ1n) is 12.1. The van der Waals surface area contributed by atoms with E-state index in [1.165, 1.54) is 7.11 Å². The van der Waals surface area contributed by atoms with Gasteiger partial charge < -0.3 is 14.4 Å². The maximum Gasteiger partial charge on any atom is 0.414 e. The fourth-order valence-electron chi connectivity index (χ4n) is 5.64. The molecule has 1 aromatic carbocycles. The lowest BCUT2D eigenvalue weighted by Gasteiger charge is -2.34. The Kier molecular flexibility index (Phi) is 6.02. The highest BCUT2D eigenvalue weighted by molar-refractivity contribution is 5.95. The fourth-order valence-corrected chi connectivity index (χ4v) is 5.64. The van der Waals surface area contributed by atoms with E-state index >= 15 is 0 Å². The lowest BCUT2D eigenvalue weighted by Crippen LogP contribution is -2.42. The minimum absolute atomic E-state index is 0.0602. The monoisotopic (exact) mass is 465 g/mol. The van der Waals surface area contributed by atoms with Crippen LogP contribution >= 0.6 is 0 Å². The number of aliphatic carboxylic acids is 1. The van der Waals surface area contributed by atoms with Crippen molar-refractivity contribution in [2.75, 3.05) is 12.0 Å². The van der Waals surface area contributed by atoms with Gasteiger partial charge in [-0.2, -0.15) is 5.10 Å². The van der Waals surface area contributed by atoms with Gasteiger partial charge in [0.15, 0.2) is 0 Å². The Labute approximate surface area is 198 Å². The van der Waals surface area contributed by atoms with Crippen LogP contribution in [0.15, 0.2) is 30.6 Å². The molecule has 3 heterocycles. The smallest absolute Gasteiger partial charge is 0.414 e. The molecule has 2 aromatic heterocycles. The largest absolute Gasteiger partial charge is 0.481 e. The van der Waals surface area contributed by atoms with Crippen LogP contribution in [0, 0.1) is 5.92 Å². The predicted molar refractivity (Wildman–Crippen MR) is 127 cm³/mol. The molecule has 2 aliphatic rings. The first-order chi connectivity index (χ1) is 16.5. The summed E-state index contributed by atoms with van der Waals surface area (Å²) in [5, 5.41) is 13.8. The minimum atomic E-state index is -0.695. The summed E-state index contributed by atoms with van der Waals surface area (Å²) in [6.07, 6.45) is 8.78. The molecular weight excluding hydrogens is 434 g/mol. The van der Waals surface area contributed by atoms with Gasteiger partial charge in [-0.05, 0) is 63.6 Å². The van der Waals surface area contributed by atoms with E-state index in [0.717, 1.165) is 60.2 Å². The van der Waals surface area contributed by atoms with Gasteiger partial charge in [0.25, 0.3) is 0 Å². The van der Waals surface area contributed by atoms with Crippen LogP contribution in [-0.4, -0.2) is 49.7 Å². The molecule has 1 aliphatic carbocycles. The van der Waals surface area contributed by atoms with Crippen molar-refractivity contribution in [1.82, 2.24) is 19.3 Å². The van der Waals surface area contributed by atoms with Gasteiger partial charge in [-0.3, -0.25) is 14.4 Å². The molecule has 1 atom stereocenters. The van der Waals surface area contributed by atoms with Crippen LogP contribution in [-0.2, 0) is 28.9 Å². The molecule has 34 heavy (non-hydrogen) atoms.